The Bertz CT molecular complexity index is 598. The zero-order valence-corrected chi connectivity index (χ0v) is 12.3. The number of nitro benzene ring substituents is 1. The molecular weight excluding hydrogens is 284 g/mol. The van der Waals surface area contributed by atoms with E-state index in [-0.39, 0.29) is 34.8 Å². The molecule has 0 bridgehead atoms. The van der Waals surface area contributed by atoms with Crippen LogP contribution in [0.1, 0.15) is 13.8 Å². The average molecular weight is 302 g/mol. The van der Waals surface area contributed by atoms with Crippen molar-refractivity contribution >= 4 is 21.2 Å². The number of rotatable bonds is 6. The highest BCUT2D eigenvalue weighted by Crippen LogP contribution is 2.28. The lowest BCUT2D eigenvalue weighted by molar-refractivity contribution is -0.384. The minimum absolute atomic E-state index is 0.0641. The van der Waals surface area contributed by atoms with E-state index in [0.717, 1.165) is 12.3 Å². The highest BCUT2D eigenvalue weighted by atomic mass is 32.2. The van der Waals surface area contributed by atoms with Crippen molar-refractivity contribution in [1.82, 2.24) is 0 Å². The number of nitrogens with one attached hydrogen (secondary N) is 1. The van der Waals surface area contributed by atoms with Crippen LogP contribution < -0.4 is 5.32 Å². The molecule has 0 saturated heterocycles. The van der Waals surface area contributed by atoms with Crippen LogP contribution >= 0.6 is 0 Å². The van der Waals surface area contributed by atoms with Crippen LogP contribution in [0.5, 0.6) is 0 Å². The largest absolute Gasteiger partial charge is 0.394 e. The molecule has 0 aliphatic heterocycles. The Morgan fingerprint density at radius 3 is 2.40 bits per heavy atom. The first-order chi connectivity index (χ1) is 9.16. The summed E-state index contributed by atoms with van der Waals surface area (Å²) in [5.41, 5.74) is -0.137. The van der Waals surface area contributed by atoms with Crippen LogP contribution in [0, 0.1) is 16.0 Å². The maximum absolute atomic E-state index is 11.4. The summed E-state index contributed by atoms with van der Waals surface area (Å²) < 4.78 is 22.8. The fraction of sp³-hybridized carbons (Fsp3) is 0.500. The van der Waals surface area contributed by atoms with Gasteiger partial charge in [0, 0.05) is 12.3 Å². The van der Waals surface area contributed by atoms with Crippen molar-refractivity contribution in [2.45, 2.75) is 24.8 Å². The molecule has 1 rings (SSSR count). The summed E-state index contributed by atoms with van der Waals surface area (Å²) in [6, 6.07) is 3.32. The van der Waals surface area contributed by atoms with E-state index >= 15 is 0 Å². The Hall–Kier alpha value is -1.67. The van der Waals surface area contributed by atoms with Crippen LogP contribution in [0.3, 0.4) is 0 Å². The van der Waals surface area contributed by atoms with Crippen LogP contribution in [-0.4, -0.2) is 37.4 Å². The average Bonchev–Trinajstić information content (AvgIpc) is 2.34. The fourth-order valence-electron chi connectivity index (χ4n) is 1.64. The molecule has 112 valence electrons. The standard InChI is InChI=1S/C12H18N2O5S/c1-8(2)11(7-15)13-10-5-4-9(20(3,18)19)6-12(10)14(16)17/h4-6,8,11,13,15H,7H2,1-3H3. The molecule has 20 heavy (non-hydrogen) atoms. The van der Waals surface area contributed by atoms with E-state index in [2.05, 4.69) is 5.32 Å². The summed E-state index contributed by atoms with van der Waals surface area (Å²) in [6.07, 6.45) is 0.990. The number of benzene rings is 1. The number of hydrogen-bond acceptors (Lipinski definition) is 6. The van der Waals surface area contributed by atoms with E-state index in [4.69, 9.17) is 0 Å². The summed E-state index contributed by atoms with van der Waals surface area (Å²) in [5, 5.41) is 23.2. The number of anilines is 1. The predicted molar refractivity (Wildman–Crippen MR) is 75.5 cm³/mol. The highest BCUT2D eigenvalue weighted by molar-refractivity contribution is 7.90. The second kappa shape index (κ2) is 6.19. The third-order valence-electron chi connectivity index (χ3n) is 2.94. The van der Waals surface area contributed by atoms with Gasteiger partial charge in [-0.05, 0) is 18.1 Å². The van der Waals surface area contributed by atoms with Gasteiger partial charge in [0.05, 0.1) is 22.5 Å². The summed E-state index contributed by atoms with van der Waals surface area (Å²) in [5.74, 6) is 0.0641. The molecule has 1 aromatic rings. The normalized spacial score (nSPS) is 13.2. The van der Waals surface area contributed by atoms with E-state index < -0.39 is 14.8 Å². The smallest absolute Gasteiger partial charge is 0.293 e. The van der Waals surface area contributed by atoms with E-state index in [9.17, 15) is 23.6 Å². The van der Waals surface area contributed by atoms with Gasteiger partial charge in [-0.2, -0.15) is 0 Å². The zero-order chi connectivity index (χ0) is 15.5. The molecule has 7 nitrogen and oxygen atoms in total. The molecule has 1 aromatic carbocycles. The number of aliphatic hydroxyl groups is 1. The van der Waals surface area contributed by atoms with Gasteiger partial charge in [0.15, 0.2) is 9.84 Å². The number of sulfone groups is 1. The lowest BCUT2D eigenvalue weighted by Gasteiger charge is -2.21. The zero-order valence-electron chi connectivity index (χ0n) is 11.5. The fourth-order valence-corrected chi connectivity index (χ4v) is 2.28. The first-order valence-corrected chi connectivity index (χ1v) is 7.92. The van der Waals surface area contributed by atoms with Gasteiger partial charge in [-0.1, -0.05) is 13.8 Å². The third-order valence-corrected chi connectivity index (χ3v) is 4.05. The summed E-state index contributed by atoms with van der Waals surface area (Å²) in [6.45, 7) is 3.55. The minimum atomic E-state index is -3.51. The molecular formula is C12H18N2O5S. The molecule has 1 atom stereocenters. The molecule has 0 radical (unpaired) electrons. The van der Waals surface area contributed by atoms with E-state index in [1.54, 1.807) is 0 Å². The van der Waals surface area contributed by atoms with Gasteiger partial charge >= 0.3 is 0 Å². The van der Waals surface area contributed by atoms with Crippen LogP contribution in [0.2, 0.25) is 0 Å². The number of nitrogens with zero attached hydrogens (tertiary/aromatic N) is 1. The number of nitro groups is 1. The van der Waals surface area contributed by atoms with Gasteiger partial charge in [0.2, 0.25) is 0 Å². The van der Waals surface area contributed by atoms with Crippen LogP contribution in [0.4, 0.5) is 11.4 Å². The van der Waals surface area contributed by atoms with Crippen LogP contribution in [0.25, 0.3) is 0 Å². The van der Waals surface area contributed by atoms with Gasteiger partial charge in [-0.3, -0.25) is 10.1 Å². The second-order valence-electron chi connectivity index (χ2n) is 4.89. The van der Waals surface area contributed by atoms with E-state index in [1.165, 1.54) is 12.1 Å². The van der Waals surface area contributed by atoms with Crippen molar-refractivity contribution in [3.63, 3.8) is 0 Å². The first kappa shape index (κ1) is 16.4. The van der Waals surface area contributed by atoms with Gasteiger partial charge in [-0.25, -0.2) is 8.42 Å². The molecule has 0 saturated carbocycles. The minimum Gasteiger partial charge on any atom is -0.394 e. The lowest BCUT2D eigenvalue weighted by atomic mass is 10.0. The lowest BCUT2D eigenvalue weighted by Crippen LogP contribution is -2.29. The molecule has 1 unspecified atom stereocenters. The molecule has 0 aliphatic carbocycles. The molecule has 2 N–H and O–H groups in total. The summed E-state index contributed by atoms with van der Waals surface area (Å²) in [7, 11) is -3.51. The highest BCUT2D eigenvalue weighted by Gasteiger charge is 2.21. The van der Waals surface area contributed by atoms with Gasteiger partial charge in [0.25, 0.3) is 5.69 Å². The maximum Gasteiger partial charge on any atom is 0.293 e. The van der Waals surface area contributed by atoms with Crippen molar-refractivity contribution < 1.29 is 18.4 Å². The Morgan fingerprint density at radius 1 is 1.40 bits per heavy atom. The van der Waals surface area contributed by atoms with Gasteiger partial charge in [0.1, 0.15) is 5.69 Å². The van der Waals surface area contributed by atoms with Crippen molar-refractivity contribution in [3.05, 3.63) is 28.3 Å². The Kier molecular flexibility index (Phi) is 5.07. The van der Waals surface area contributed by atoms with Crippen molar-refractivity contribution in [2.24, 2.45) is 5.92 Å². The molecule has 0 spiro atoms. The summed E-state index contributed by atoms with van der Waals surface area (Å²) >= 11 is 0. The molecule has 8 heteroatoms. The molecule has 0 amide bonds. The SMILES string of the molecule is CC(C)C(CO)Nc1ccc(S(C)(=O)=O)cc1[N+](=O)[O-]. The molecule has 0 heterocycles. The Balaban J connectivity index is 3.24. The van der Waals surface area contributed by atoms with Gasteiger partial charge < -0.3 is 10.4 Å². The quantitative estimate of drug-likeness (QED) is 0.607. The Morgan fingerprint density at radius 2 is 2.00 bits per heavy atom. The van der Waals surface area contributed by atoms with E-state index in [1.807, 2.05) is 13.8 Å². The van der Waals surface area contributed by atoms with Crippen molar-refractivity contribution in [3.8, 4) is 0 Å². The van der Waals surface area contributed by atoms with E-state index in [0.29, 0.717) is 0 Å². The summed E-state index contributed by atoms with van der Waals surface area (Å²) in [4.78, 5) is 10.3. The topological polar surface area (TPSA) is 110 Å². The van der Waals surface area contributed by atoms with Crippen LogP contribution in [-0.2, 0) is 9.84 Å². The molecule has 0 aliphatic rings. The Labute approximate surface area is 117 Å². The molecule has 0 aromatic heterocycles. The predicted octanol–water partition coefficient (Wildman–Crippen LogP) is 1.43. The van der Waals surface area contributed by atoms with Crippen molar-refractivity contribution in [1.29, 1.82) is 0 Å². The van der Waals surface area contributed by atoms with Crippen molar-refractivity contribution in [2.75, 3.05) is 18.2 Å². The van der Waals surface area contributed by atoms with Crippen LogP contribution in [0.15, 0.2) is 23.1 Å². The number of aliphatic hydroxyl groups excluding tert-OH is 1. The second-order valence-corrected chi connectivity index (χ2v) is 6.90. The monoisotopic (exact) mass is 302 g/mol. The third kappa shape index (κ3) is 3.91. The maximum atomic E-state index is 11.4. The van der Waals surface area contributed by atoms with Gasteiger partial charge in [-0.15, -0.1) is 0 Å². The first-order valence-electron chi connectivity index (χ1n) is 6.02. The molecule has 0 fully saturated rings. The number of hydrogen-bond donors (Lipinski definition) is 2.